The summed E-state index contributed by atoms with van der Waals surface area (Å²) in [6.07, 6.45) is 2.85. The van der Waals surface area contributed by atoms with Gasteiger partial charge in [0.2, 0.25) is 0 Å². The molecule has 2 heterocycles. The lowest BCUT2D eigenvalue weighted by Crippen LogP contribution is -2.41. The van der Waals surface area contributed by atoms with Crippen molar-refractivity contribution in [1.29, 1.82) is 0 Å². The summed E-state index contributed by atoms with van der Waals surface area (Å²) in [5.74, 6) is 0. The maximum atomic E-state index is 5.46. The first-order chi connectivity index (χ1) is 4.97. The van der Waals surface area contributed by atoms with Crippen molar-refractivity contribution in [3.63, 3.8) is 0 Å². The molecule has 2 aliphatic heterocycles. The van der Waals surface area contributed by atoms with E-state index in [0.717, 1.165) is 19.7 Å². The van der Waals surface area contributed by atoms with Gasteiger partial charge in [-0.2, -0.15) is 0 Å². The molecule has 0 radical (unpaired) electrons. The van der Waals surface area contributed by atoms with Crippen LogP contribution >= 0.6 is 12.4 Å². The molecule has 0 bridgehead atoms. The predicted octanol–water partition coefficient (Wildman–Crippen LogP) is 0.106. The maximum Gasteiger partial charge on any atom is 0.123 e. The fraction of sp³-hybridized carbons (Fsp3) is 1.00. The van der Waals surface area contributed by atoms with E-state index in [-0.39, 0.29) is 12.4 Å². The van der Waals surface area contributed by atoms with E-state index >= 15 is 0 Å². The fourth-order valence-corrected chi connectivity index (χ4v) is 1.67. The van der Waals surface area contributed by atoms with Gasteiger partial charge in [-0.25, -0.2) is 0 Å². The Balaban J connectivity index is 0.000000605. The van der Waals surface area contributed by atoms with Crippen molar-refractivity contribution < 1.29 is 4.74 Å². The van der Waals surface area contributed by atoms with Crippen molar-refractivity contribution in [1.82, 2.24) is 10.6 Å². The number of nitrogens with one attached hydrogen (secondary N) is 2. The van der Waals surface area contributed by atoms with Crippen molar-refractivity contribution >= 4 is 12.4 Å². The Bertz CT molecular complexity index is 97.0. The zero-order valence-corrected chi connectivity index (χ0v) is 7.32. The Morgan fingerprint density at radius 1 is 1.18 bits per heavy atom. The highest BCUT2D eigenvalue weighted by atomic mass is 35.5. The molecule has 0 saturated carbocycles. The lowest BCUT2D eigenvalue weighted by atomic mass is 10.2. The smallest absolute Gasteiger partial charge is 0.123 e. The van der Waals surface area contributed by atoms with E-state index in [2.05, 4.69) is 10.6 Å². The summed E-state index contributed by atoms with van der Waals surface area (Å²) in [5, 5.41) is 6.72. The Morgan fingerprint density at radius 2 is 2.09 bits per heavy atom. The minimum Gasteiger partial charge on any atom is -0.360 e. The molecule has 0 aromatic rings. The van der Waals surface area contributed by atoms with Crippen LogP contribution in [0.5, 0.6) is 0 Å². The second-order valence-electron chi connectivity index (χ2n) is 2.95. The molecule has 3 nitrogen and oxygen atoms in total. The number of rotatable bonds is 1. The predicted molar refractivity (Wildman–Crippen MR) is 46.0 cm³/mol. The third-order valence-electron chi connectivity index (χ3n) is 2.21. The maximum absolute atomic E-state index is 5.46. The quantitative estimate of drug-likeness (QED) is 0.598. The van der Waals surface area contributed by atoms with Gasteiger partial charge in [0.15, 0.2) is 0 Å². The van der Waals surface area contributed by atoms with E-state index in [1.54, 1.807) is 0 Å². The van der Waals surface area contributed by atoms with E-state index in [0.29, 0.717) is 12.3 Å². The second kappa shape index (κ2) is 4.26. The highest BCUT2D eigenvalue weighted by Crippen LogP contribution is 2.12. The van der Waals surface area contributed by atoms with Crippen LogP contribution < -0.4 is 10.6 Å². The summed E-state index contributed by atoms with van der Waals surface area (Å²) in [6, 6.07) is 0.572. The van der Waals surface area contributed by atoms with Crippen molar-refractivity contribution in [2.75, 3.05) is 19.7 Å². The van der Waals surface area contributed by atoms with Gasteiger partial charge in [-0.15, -0.1) is 12.4 Å². The van der Waals surface area contributed by atoms with Crippen LogP contribution in [0.1, 0.15) is 12.8 Å². The summed E-state index contributed by atoms with van der Waals surface area (Å²) < 4.78 is 5.46. The van der Waals surface area contributed by atoms with Crippen LogP contribution in [0.2, 0.25) is 0 Å². The van der Waals surface area contributed by atoms with Gasteiger partial charge in [0.25, 0.3) is 0 Å². The van der Waals surface area contributed by atoms with Crippen molar-refractivity contribution in [2.24, 2.45) is 0 Å². The monoisotopic (exact) mass is 178 g/mol. The van der Waals surface area contributed by atoms with E-state index < -0.39 is 0 Å². The van der Waals surface area contributed by atoms with Gasteiger partial charge in [-0.1, -0.05) is 0 Å². The van der Waals surface area contributed by atoms with Crippen LogP contribution in [-0.4, -0.2) is 32.0 Å². The topological polar surface area (TPSA) is 33.3 Å². The third-order valence-corrected chi connectivity index (χ3v) is 2.21. The third kappa shape index (κ3) is 2.06. The first-order valence-corrected chi connectivity index (χ1v) is 4.05. The summed E-state index contributed by atoms with van der Waals surface area (Å²) in [5.41, 5.74) is 0. The molecule has 0 aliphatic carbocycles. The summed E-state index contributed by atoms with van der Waals surface area (Å²) in [4.78, 5) is 0. The lowest BCUT2D eigenvalue weighted by Gasteiger charge is -2.17. The minimum absolute atomic E-state index is 0. The largest absolute Gasteiger partial charge is 0.360 e. The highest BCUT2D eigenvalue weighted by Gasteiger charge is 2.27. The van der Waals surface area contributed by atoms with Gasteiger partial charge in [0.05, 0.1) is 6.61 Å². The number of halogens is 1. The number of hydrogen-bond acceptors (Lipinski definition) is 3. The number of ether oxygens (including phenoxy) is 1. The minimum atomic E-state index is 0. The van der Waals surface area contributed by atoms with Gasteiger partial charge in [-0.3, -0.25) is 5.32 Å². The van der Waals surface area contributed by atoms with Crippen molar-refractivity contribution in [3.8, 4) is 0 Å². The van der Waals surface area contributed by atoms with E-state index in [1.807, 2.05) is 0 Å². The van der Waals surface area contributed by atoms with Gasteiger partial charge in [0.1, 0.15) is 6.23 Å². The van der Waals surface area contributed by atoms with Crippen LogP contribution in [0.4, 0.5) is 0 Å². The molecular formula is C7H15ClN2O. The normalized spacial score (nSPS) is 37.1. The van der Waals surface area contributed by atoms with E-state index in [1.165, 1.54) is 12.8 Å². The van der Waals surface area contributed by atoms with Crippen LogP contribution in [0.3, 0.4) is 0 Å². The van der Waals surface area contributed by atoms with Crippen molar-refractivity contribution in [2.45, 2.75) is 25.1 Å². The molecule has 0 aromatic heterocycles. The SMILES string of the molecule is C1CNC(C2NCCO2)C1.Cl. The molecule has 2 rings (SSSR count). The van der Waals surface area contributed by atoms with Gasteiger partial charge in [-0.05, 0) is 19.4 Å². The summed E-state index contributed by atoms with van der Waals surface area (Å²) >= 11 is 0. The molecule has 0 aromatic carbocycles. The molecule has 2 atom stereocenters. The molecule has 2 fully saturated rings. The van der Waals surface area contributed by atoms with Crippen molar-refractivity contribution in [3.05, 3.63) is 0 Å². The average Bonchev–Trinajstić information content (AvgIpc) is 2.59. The van der Waals surface area contributed by atoms with Crippen LogP contribution in [0.25, 0.3) is 0 Å². The van der Waals surface area contributed by atoms with Crippen LogP contribution in [0.15, 0.2) is 0 Å². The van der Waals surface area contributed by atoms with E-state index in [4.69, 9.17) is 4.74 Å². The molecular weight excluding hydrogens is 164 g/mol. The molecule has 2 saturated heterocycles. The van der Waals surface area contributed by atoms with Gasteiger partial charge in [0, 0.05) is 12.6 Å². The molecule has 0 amide bonds. The van der Waals surface area contributed by atoms with Crippen LogP contribution in [-0.2, 0) is 4.74 Å². The molecule has 2 N–H and O–H groups in total. The summed E-state index contributed by atoms with van der Waals surface area (Å²) in [6.45, 7) is 3.05. The zero-order chi connectivity index (χ0) is 6.81. The second-order valence-corrected chi connectivity index (χ2v) is 2.95. The van der Waals surface area contributed by atoms with Gasteiger partial charge < -0.3 is 10.1 Å². The number of hydrogen-bond donors (Lipinski definition) is 2. The highest BCUT2D eigenvalue weighted by molar-refractivity contribution is 5.85. The first kappa shape index (κ1) is 9.26. The van der Waals surface area contributed by atoms with Crippen LogP contribution in [0, 0.1) is 0 Å². The Hall–Kier alpha value is 0.170. The molecule has 11 heavy (non-hydrogen) atoms. The Kier molecular flexibility index (Phi) is 3.59. The molecule has 0 spiro atoms. The van der Waals surface area contributed by atoms with E-state index in [9.17, 15) is 0 Å². The van der Waals surface area contributed by atoms with Gasteiger partial charge >= 0.3 is 0 Å². The lowest BCUT2D eigenvalue weighted by molar-refractivity contribution is 0.0740. The molecule has 66 valence electrons. The average molecular weight is 179 g/mol. The zero-order valence-electron chi connectivity index (χ0n) is 6.51. The molecule has 4 heteroatoms. The first-order valence-electron chi connectivity index (χ1n) is 4.05. The summed E-state index contributed by atoms with van der Waals surface area (Å²) in [7, 11) is 0. The molecule has 2 unspecified atom stereocenters. The Labute approximate surface area is 73.3 Å². The fourth-order valence-electron chi connectivity index (χ4n) is 1.67. The Morgan fingerprint density at radius 3 is 2.64 bits per heavy atom. The molecule has 2 aliphatic rings. The standard InChI is InChI=1S/C7H14N2O.ClH/c1-2-6(8-3-1)7-9-4-5-10-7;/h6-9H,1-5H2;1H.